The first kappa shape index (κ1) is 13.8. The van der Waals surface area contributed by atoms with Crippen LogP contribution in [0.2, 0.25) is 0 Å². The number of aromatic nitrogens is 1. The van der Waals surface area contributed by atoms with Crippen LogP contribution in [0.4, 0.5) is 0 Å². The highest BCUT2D eigenvalue weighted by atomic mass is 79.9. The van der Waals surface area contributed by atoms with Gasteiger partial charge in [-0.2, -0.15) is 0 Å². The number of para-hydroxylation sites is 1. The van der Waals surface area contributed by atoms with Crippen molar-refractivity contribution in [3.05, 3.63) is 36.5 Å². The van der Waals surface area contributed by atoms with Gasteiger partial charge in [-0.05, 0) is 25.0 Å². The van der Waals surface area contributed by atoms with E-state index in [9.17, 15) is 0 Å². The maximum absolute atomic E-state index is 6.00. The van der Waals surface area contributed by atoms with Gasteiger partial charge in [0.15, 0.2) is 0 Å². The average Bonchev–Trinajstić information content (AvgIpc) is 2.54. The van der Waals surface area contributed by atoms with Crippen LogP contribution in [0, 0.1) is 5.41 Å². The molecule has 0 unspecified atom stereocenters. The van der Waals surface area contributed by atoms with E-state index in [2.05, 4.69) is 33.0 Å². The average molecular weight is 336 g/mol. The lowest BCUT2D eigenvalue weighted by Crippen LogP contribution is -2.36. The number of rotatable bonds is 4. The van der Waals surface area contributed by atoms with Gasteiger partial charge in [-0.25, -0.2) is 0 Å². The summed E-state index contributed by atoms with van der Waals surface area (Å²) in [5.74, 6) is 0.843. The van der Waals surface area contributed by atoms with Gasteiger partial charge in [-0.1, -0.05) is 34.1 Å². The summed E-state index contributed by atoms with van der Waals surface area (Å²) in [5, 5.41) is 2.06. The first-order chi connectivity index (χ1) is 9.81. The fraction of sp³-hybridized carbons (Fsp3) is 0.438. The Labute approximate surface area is 127 Å². The molecule has 1 aromatic heterocycles. The third-order valence-corrected chi connectivity index (χ3v) is 5.14. The van der Waals surface area contributed by atoms with Gasteiger partial charge >= 0.3 is 0 Å². The van der Waals surface area contributed by atoms with Crippen LogP contribution in [0.25, 0.3) is 10.9 Å². The van der Waals surface area contributed by atoms with Crippen molar-refractivity contribution >= 4 is 26.8 Å². The van der Waals surface area contributed by atoms with E-state index in [1.807, 2.05) is 24.4 Å². The lowest BCUT2D eigenvalue weighted by Gasteiger charge is -2.35. The van der Waals surface area contributed by atoms with Crippen LogP contribution >= 0.6 is 15.9 Å². The molecule has 2 aromatic rings. The van der Waals surface area contributed by atoms with Crippen LogP contribution in [-0.4, -0.2) is 30.1 Å². The zero-order valence-electron chi connectivity index (χ0n) is 11.3. The maximum atomic E-state index is 6.00. The molecule has 106 valence electrons. The summed E-state index contributed by atoms with van der Waals surface area (Å²) in [6.45, 7) is 2.36. The Kier molecular flexibility index (Phi) is 4.22. The summed E-state index contributed by atoms with van der Waals surface area (Å²) in [7, 11) is 0. The van der Waals surface area contributed by atoms with Gasteiger partial charge in [0.1, 0.15) is 5.75 Å². The van der Waals surface area contributed by atoms with Crippen LogP contribution in [-0.2, 0) is 4.74 Å². The fourth-order valence-corrected chi connectivity index (χ4v) is 3.21. The van der Waals surface area contributed by atoms with Gasteiger partial charge in [0.25, 0.3) is 0 Å². The van der Waals surface area contributed by atoms with Gasteiger partial charge in [-0.15, -0.1) is 0 Å². The van der Waals surface area contributed by atoms with E-state index < -0.39 is 0 Å². The summed E-state index contributed by atoms with van der Waals surface area (Å²) < 4.78 is 11.4. The van der Waals surface area contributed by atoms with Crippen molar-refractivity contribution in [2.75, 3.05) is 25.2 Å². The second-order valence-corrected chi connectivity index (χ2v) is 5.96. The van der Waals surface area contributed by atoms with Crippen molar-refractivity contribution in [1.82, 2.24) is 4.98 Å². The number of benzene rings is 1. The molecule has 2 heterocycles. The van der Waals surface area contributed by atoms with Crippen LogP contribution in [0.1, 0.15) is 12.8 Å². The molecule has 0 bridgehead atoms. The quantitative estimate of drug-likeness (QED) is 0.796. The topological polar surface area (TPSA) is 31.4 Å². The van der Waals surface area contributed by atoms with Gasteiger partial charge in [0, 0.05) is 29.3 Å². The Hall–Kier alpha value is -1.13. The number of halogens is 1. The molecule has 4 heteroatoms. The van der Waals surface area contributed by atoms with Crippen LogP contribution in [0.3, 0.4) is 0 Å². The number of hydrogen-bond acceptors (Lipinski definition) is 3. The molecule has 1 saturated heterocycles. The SMILES string of the molecule is BrCC1(COc2cnc3ccccc3c2)CCOCC1. The molecular formula is C16H18BrNO2. The molecule has 0 radical (unpaired) electrons. The predicted molar refractivity (Wildman–Crippen MR) is 83.5 cm³/mol. The van der Waals surface area contributed by atoms with Gasteiger partial charge in [-0.3, -0.25) is 4.98 Å². The maximum Gasteiger partial charge on any atom is 0.138 e. The molecule has 20 heavy (non-hydrogen) atoms. The van der Waals surface area contributed by atoms with E-state index in [0.29, 0.717) is 6.61 Å². The first-order valence-electron chi connectivity index (χ1n) is 6.93. The van der Waals surface area contributed by atoms with E-state index in [1.165, 1.54) is 0 Å². The number of ether oxygens (including phenoxy) is 2. The Morgan fingerprint density at radius 3 is 2.85 bits per heavy atom. The summed E-state index contributed by atoms with van der Waals surface area (Å²) in [4.78, 5) is 4.43. The van der Waals surface area contributed by atoms with E-state index in [4.69, 9.17) is 9.47 Å². The zero-order chi connectivity index (χ0) is 13.8. The lowest BCUT2D eigenvalue weighted by molar-refractivity contribution is 0.00351. The lowest BCUT2D eigenvalue weighted by atomic mass is 9.83. The second-order valence-electron chi connectivity index (χ2n) is 5.40. The van der Waals surface area contributed by atoms with Gasteiger partial charge < -0.3 is 9.47 Å². The van der Waals surface area contributed by atoms with Crippen molar-refractivity contribution in [3.63, 3.8) is 0 Å². The minimum Gasteiger partial charge on any atom is -0.491 e. The minimum atomic E-state index is 0.184. The monoisotopic (exact) mass is 335 g/mol. The number of nitrogens with zero attached hydrogens (tertiary/aromatic N) is 1. The molecule has 1 aromatic carbocycles. The van der Waals surface area contributed by atoms with Gasteiger partial charge in [0.05, 0.1) is 18.3 Å². The van der Waals surface area contributed by atoms with E-state index in [-0.39, 0.29) is 5.41 Å². The Balaban J connectivity index is 1.72. The predicted octanol–water partition coefficient (Wildman–Crippen LogP) is 3.81. The standard InChI is InChI=1S/C16H18BrNO2/c17-11-16(5-7-19-8-6-16)12-20-14-9-13-3-1-2-4-15(13)18-10-14/h1-4,9-10H,5-8,11-12H2. The molecule has 1 fully saturated rings. The Bertz CT molecular complexity index is 581. The van der Waals surface area contributed by atoms with Crippen LogP contribution in [0.5, 0.6) is 5.75 Å². The first-order valence-corrected chi connectivity index (χ1v) is 8.05. The van der Waals surface area contributed by atoms with Crippen molar-refractivity contribution in [2.24, 2.45) is 5.41 Å². The summed E-state index contributed by atoms with van der Waals surface area (Å²) in [5.41, 5.74) is 1.19. The minimum absolute atomic E-state index is 0.184. The highest BCUT2D eigenvalue weighted by molar-refractivity contribution is 9.09. The number of alkyl halides is 1. The molecule has 3 nitrogen and oxygen atoms in total. The van der Waals surface area contributed by atoms with Crippen molar-refractivity contribution in [3.8, 4) is 5.75 Å². The summed E-state index contributed by atoms with van der Waals surface area (Å²) >= 11 is 3.63. The van der Waals surface area contributed by atoms with E-state index >= 15 is 0 Å². The summed E-state index contributed by atoms with van der Waals surface area (Å²) in [6, 6.07) is 10.1. The third kappa shape index (κ3) is 2.96. The van der Waals surface area contributed by atoms with Gasteiger partial charge in [0.2, 0.25) is 0 Å². The molecule has 3 rings (SSSR count). The molecule has 1 aliphatic heterocycles. The largest absolute Gasteiger partial charge is 0.491 e. The highest BCUT2D eigenvalue weighted by Crippen LogP contribution is 2.33. The zero-order valence-corrected chi connectivity index (χ0v) is 12.9. The van der Waals surface area contributed by atoms with E-state index in [1.54, 1.807) is 0 Å². The third-order valence-electron chi connectivity index (χ3n) is 3.95. The number of hydrogen-bond donors (Lipinski definition) is 0. The Morgan fingerprint density at radius 2 is 2.05 bits per heavy atom. The second kappa shape index (κ2) is 6.10. The molecule has 0 amide bonds. The molecule has 0 saturated carbocycles. The molecular weight excluding hydrogens is 318 g/mol. The van der Waals surface area contributed by atoms with Crippen molar-refractivity contribution in [2.45, 2.75) is 12.8 Å². The smallest absolute Gasteiger partial charge is 0.138 e. The molecule has 1 aliphatic rings. The molecule has 0 atom stereocenters. The van der Waals surface area contributed by atoms with Crippen LogP contribution < -0.4 is 4.74 Å². The normalized spacial score (nSPS) is 18.1. The van der Waals surface area contributed by atoms with E-state index in [0.717, 1.165) is 48.0 Å². The summed E-state index contributed by atoms with van der Waals surface area (Å²) in [6.07, 6.45) is 3.89. The van der Waals surface area contributed by atoms with Crippen molar-refractivity contribution < 1.29 is 9.47 Å². The molecule has 0 spiro atoms. The highest BCUT2D eigenvalue weighted by Gasteiger charge is 2.32. The molecule has 0 aliphatic carbocycles. The molecule has 0 N–H and O–H groups in total. The fourth-order valence-electron chi connectivity index (χ4n) is 2.49. The van der Waals surface area contributed by atoms with Crippen LogP contribution in [0.15, 0.2) is 36.5 Å². The number of fused-ring (bicyclic) bond motifs is 1. The Morgan fingerprint density at radius 1 is 1.25 bits per heavy atom. The number of pyridine rings is 1. The van der Waals surface area contributed by atoms with Crippen molar-refractivity contribution in [1.29, 1.82) is 0 Å².